The van der Waals surface area contributed by atoms with Crippen LogP contribution in [-0.4, -0.2) is 46.2 Å². The molecule has 116 valence electrons. The molecule has 3 rings (SSSR count). The Morgan fingerprint density at radius 1 is 1.41 bits per heavy atom. The molecule has 2 N–H and O–H groups in total. The van der Waals surface area contributed by atoms with E-state index in [1.807, 2.05) is 6.92 Å². The van der Waals surface area contributed by atoms with Gasteiger partial charge >= 0.3 is 0 Å². The van der Waals surface area contributed by atoms with Crippen molar-refractivity contribution in [3.63, 3.8) is 0 Å². The second-order valence-corrected chi connectivity index (χ2v) is 5.78. The van der Waals surface area contributed by atoms with E-state index in [0.29, 0.717) is 24.7 Å². The number of amides is 1. The van der Waals surface area contributed by atoms with Gasteiger partial charge in [-0.3, -0.25) is 4.79 Å². The molecule has 0 unspecified atom stereocenters. The predicted octanol–water partition coefficient (Wildman–Crippen LogP) is 1.24. The Balaban J connectivity index is 1.67. The number of ether oxygens (including phenoxy) is 1. The normalized spacial score (nSPS) is 21.3. The lowest BCUT2D eigenvalue weighted by Gasteiger charge is -2.32. The zero-order chi connectivity index (χ0) is 15.4. The molecule has 0 spiro atoms. The van der Waals surface area contributed by atoms with Gasteiger partial charge < -0.3 is 15.4 Å². The molecule has 2 atom stereocenters. The van der Waals surface area contributed by atoms with E-state index in [0.717, 1.165) is 12.2 Å². The first-order valence-electron chi connectivity index (χ1n) is 7.05. The van der Waals surface area contributed by atoms with Crippen molar-refractivity contribution in [3.05, 3.63) is 34.7 Å². The molecule has 1 saturated heterocycles. The minimum Gasteiger partial charge on any atom is -0.379 e. The van der Waals surface area contributed by atoms with Crippen molar-refractivity contribution in [1.29, 1.82) is 0 Å². The number of nitrogens with one attached hydrogen (secondary N) is 2. The van der Waals surface area contributed by atoms with Crippen molar-refractivity contribution in [1.82, 2.24) is 20.3 Å². The highest BCUT2D eigenvalue weighted by Gasteiger charge is 2.28. The largest absolute Gasteiger partial charge is 0.379 e. The molecule has 0 aromatic carbocycles. The first-order chi connectivity index (χ1) is 10.7. The monoisotopic (exact) mass is 319 g/mol. The van der Waals surface area contributed by atoms with Crippen molar-refractivity contribution in [2.75, 3.05) is 18.5 Å². The summed E-state index contributed by atoms with van der Waals surface area (Å²) in [7, 11) is 0. The van der Waals surface area contributed by atoms with E-state index in [1.54, 1.807) is 23.2 Å². The number of thiazole rings is 1. The summed E-state index contributed by atoms with van der Waals surface area (Å²) in [5.74, 6) is 1.28. The van der Waals surface area contributed by atoms with E-state index in [9.17, 15) is 4.79 Å². The average molecular weight is 319 g/mol. The molecule has 8 heteroatoms. The highest BCUT2D eigenvalue weighted by atomic mass is 32.1. The van der Waals surface area contributed by atoms with E-state index in [-0.39, 0.29) is 18.0 Å². The van der Waals surface area contributed by atoms with E-state index >= 15 is 0 Å². The molecule has 0 aliphatic carbocycles. The van der Waals surface area contributed by atoms with Crippen molar-refractivity contribution >= 4 is 23.1 Å². The summed E-state index contributed by atoms with van der Waals surface area (Å²) in [5, 5.41) is 8.08. The standard InChI is InChI=1S/C14H17N5O2S/c1-9-15-4-2-13(17-9)18-11-6-21-5-3-10(11)19-14(20)12-7-22-8-16-12/h2,4,7-8,10-11H,3,5-6H2,1H3,(H,19,20)(H,15,17,18)/t10-,11+/m0/s1. The van der Waals surface area contributed by atoms with Gasteiger partial charge in [0.15, 0.2) is 0 Å². The van der Waals surface area contributed by atoms with E-state index in [4.69, 9.17) is 4.74 Å². The van der Waals surface area contributed by atoms with Gasteiger partial charge in [0, 0.05) is 18.2 Å². The summed E-state index contributed by atoms with van der Waals surface area (Å²) in [4.78, 5) is 24.6. The van der Waals surface area contributed by atoms with Crippen LogP contribution in [0, 0.1) is 6.92 Å². The van der Waals surface area contributed by atoms with E-state index in [2.05, 4.69) is 25.6 Å². The van der Waals surface area contributed by atoms with Gasteiger partial charge in [-0.1, -0.05) is 0 Å². The number of hydrogen-bond donors (Lipinski definition) is 2. The molecule has 0 radical (unpaired) electrons. The van der Waals surface area contributed by atoms with Crippen LogP contribution in [0.15, 0.2) is 23.2 Å². The van der Waals surface area contributed by atoms with Gasteiger partial charge in [0.05, 0.1) is 24.2 Å². The van der Waals surface area contributed by atoms with Gasteiger partial charge in [-0.05, 0) is 19.4 Å². The molecule has 0 bridgehead atoms. The maximum absolute atomic E-state index is 12.2. The van der Waals surface area contributed by atoms with Gasteiger partial charge in [-0.25, -0.2) is 15.0 Å². The number of carbonyl (C=O) groups is 1. The molecule has 22 heavy (non-hydrogen) atoms. The van der Waals surface area contributed by atoms with Crippen LogP contribution in [0.2, 0.25) is 0 Å². The smallest absolute Gasteiger partial charge is 0.271 e. The number of nitrogens with zero attached hydrogens (tertiary/aromatic N) is 3. The fourth-order valence-electron chi connectivity index (χ4n) is 2.35. The van der Waals surface area contributed by atoms with Gasteiger partial charge in [-0.15, -0.1) is 11.3 Å². The number of aryl methyl sites for hydroxylation is 1. The van der Waals surface area contributed by atoms with Gasteiger partial charge in [0.25, 0.3) is 5.91 Å². The highest BCUT2D eigenvalue weighted by molar-refractivity contribution is 7.07. The second kappa shape index (κ2) is 6.80. The molecule has 1 aliphatic heterocycles. The maximum Gasteiger partial charge on any atom is 0.271 e. The SMILES string of the molecule is Cc1nccc(N[C@@H]2COCC[C@@H]2NC(=O)c2cscn2)n1. The molecule has 3 heterocycles. The maximum atomic E-state index is 12.2. The van der Waals surface area contributed by atoms with Crippen LogP contribution in [0.1, 0.15) is 22.7 Å². The van der Waals surface area contributed by atoms with Crippen LogP contribution >= 0.6 is 11.3 Å². The first kappa shape index (κ1) is 14.9. The van der Waals surface area contributed by atoms with E-state index < -0.39 is 0 Å². The number of anilines is 1. The topological polar surface area (TPSA) is 89.0 Å². The minimum absolute atomic E-state index is 0.0294. The van der Waals surface area contributed by atoms with Gasteiger partial charge in [-0.2, -0.15) is 0 Å². The van der Waals surface area contributed by atoms with Crippen LogP contribution in [0.25, 0.3) is 0 Å². The van der Waals surface area contributed by atoms with Crippen molar-refractivity contribution in [3.8, 4) is 0 Å². The lowest BCUT2D eigenvalue weighted by Crippen LogP contribution is -2.52. The number of hydrogen-bond acceptors (Lipinski definition) is 7. The summed E-state index contributed by atoms with van der Waals surface area (Å²) in [5.41, 5.74) is 2.10. The molecule has 1 amide bonds. The molecular weight excluding hydrogens is 302 g/mol. The Labute approximate surface area is 132 Å². The lowest BCUT2D eigenvalue weighted by atomic mass is 10.0. The van der Waals surface area contributed by atoms with Crippen LogP contribution in [0.4, 0.5) is 5.82 Å². The average Bonchev–Trinajstić information content (AvgIpc) is 3.04. The first-order valence-corrected chi connectivity index (χ1v) is 7.99. The Bertz CT molecular complexity index is 634. The third-order valence-electron chi connectivity index (χ3n) is 3.45. The van der Waals surface area contributed by atoms with Crippen molar-refractivity contribution < 1.29 is 9.53 Å². The lowest BCUT2D eigenvalue weighted by molar-refractivity contribution is 0.0618. The third kappa shape index (κ3) is 3.58. The molecule has 2 aromatic rings. The zero-order valence-corrected chi connectivity index (χ0v) is 13.0. The fraction of sp³-hybridized carbons (Fsp3) is 0.429. The summed E-state index contributed by atoms with van der Waals surface area (Å²) >= 11 is 1.41. The Kier molecular flexibility index (Phi) is 4.59. The molecule has 0 saturated carbocycles. The molecule has 1 aliphatic rings. The number of aromatic nitrogens is 3. The fourth-order valence-corrected chi connectivity index (χ4v) is 2.88. The molecular formula is C14H17N5O2S. The Hall–Kier alpha value is -2.06. The predicted molar refractivity (Wildman–Crippen MR) is 83.0 cm³/mol. The second-order valence-electron chi connectivity index (χ2n) is 5.06. The Morgan fingerprint density at radius 3 is 3.09 bits per heavy atom. The number of carbonyl (C=O) groups excluding carboxylic acids is 1. The van der Waals surface area contributed by atoms with Crippen LogP contribution in [0.5, 0.6) is 0 Å². The molecule has 1 fully saturated rings. The summed E-state index contributed by atoms with van der Waals surface area (Å²) in [6, 6.07) is 1.74. The summed E-state index contributed by atoms with van der Waals surface area (Å²) in [6.45, 7) is 2.98. The quantitative estimate of drug-likeness (QED) is 0.881. The zero-order valence-electron chi connectivity index (χ0n) is 12.2. The molecule has 2 aromatic heterocycles. The van der Waals surface area contributed by atoms with Crippen LogP contribution < -0.4 is 10.6 Å². The van der Waals surface area contributed by atoms with Crippen molar-refractivity contribution in [2.24, 2.45) is 0 Å². The summed E-state index contributed by atoms with van der Waals surface area (Å²) < 4.78 is 5.52. The molecule has 7 nitrogen and oxygen atoms in total. The van der Waals surface area contributed by atoms with Crippen LogP contribution in [0.3, 0.4) is 0 Å². The van der Waals surface area contributed by atoms with Gasteiger partial charge in [0.1, 0.15) is 17.3 Å². The third-order valence-corrected chi connectivity index (χ3v) is 4.03. The number of rotatable bonds is 4. The minimum atomic E-state index is -0.154. The van der Waals surface area contributed by atoms with Crippen molar-refractivity contribution in [2.45, 2.75) is 25.4 Å². The van der Waals surface area contributed by atoms with Crippen LogP contribution in [-0.2, 0) is 4.74 Å². The Morgan fingerprint density at radius 2 is 2.32 bits per heavy atom. The summed E-state index contributed by atoms with van der Waals surface area (Å²) in [6.07, 6.45) is 2.45. The van der Waals surface area contributed by atoms with Gasteiger partial charge in [0.2, 0.25) is 0 Å². The highest BCUT2D eigenvalue weighted by Crippen LogP contribution is 2.14. The van der Waals surface area contributed by atoms with E-state index in [1.165, 1.54) is 11.3 Å².